The van der Waals surface area contributed by atoms with Crippen LogP contribution < -0.4 is 5.32 Å². The number of para-hydroxylation sites is 1. The number of hydrogen-bond acceptors (Lipinski definition) is 3. The van der Waals surface area contributed by atoms with Crippen molar-refractivity contribution in [1.82, 2.24) is 4.90 Å². The van der Waals surface area contributed by atoms with E-state index >= 15 is 0 Å². The second-order valence-corrected chi connectivity index (χ2v) is 6.07. The average Bonchev–Trinajstić information content (AvgIpc) is 2.51. The highest BCUT2D eigenvalue weighted by Gasteiger charge is 2.14. The molecule has 2 N–H and O–H groups in total. The number of phenols is 1. The zero-order valence-electron chi connectivity index (χ0n) is 13.3. The van der Waals surface area contributed by atoms with Crippen molar-refractivity contribution in [1.29, 1.82) is 0 Å². The summed E-state index contributed by atoms with van der Waals surface area (Å²) < 4.78 is 0. The van der Waals surface area contributed by atoms with Gasteiger partial charge in [0.15, 0.2) is 0 Å². The molecule has 5 heteroatoms. The minimum absolute atomic E-state index is 0.0989. The van der Waals surface area contributed by atoms with Crippen molar-refractivity contribution < 1.29 is 9.90 Å². The van der Waals surface area contributed by atoms with E-state index in [1.807, 2.05) is 36.2 Å². The Bertz CT molecular complexity index is 658. The van der Waals surface area contributed by atoms with Crippen LogP contribution >= 0.6 is 11.6 Å². The highest BCUT2D eigenvalue weighted by atomic mass is 35.5. The molecule has 0 bridgehead atoms. The number of nitrogens with zero attached hydrogens (tertiary/aromatic N) is 1. The summed E-state index contributed by atoms with van der Waals surface area (Å²) in [5, 5.41) is 12.7. The molecular weight excluding hydrogens is 312 g/mol. The molecule has 0 heterocycles. The zero-order valence-corrected chi connectivity index (χ0v) is 14.0. The van der Waals surface area contributed by atoms with Crippen molar-refractivity contribution in [2.45, 2.75) is 19.4 Å². The van der Waals surface area contributed by atoms with E-state index in [9.17, 15) is 9.90 Å². The third kappa shape index (κ3) is 5.27. The van der Waals surface area contributed by atoms with Crippen LogP contribution in [0.15, 0.2) is 48.5 Å². The van der Waals surface area contributed by atoms with Gasteiger partial charge in [-0.3, -0.25) is 9.69 Å². The zero-order chi connectivity index (χ0) is 16.8. The van der Waals surface area contributed by atoms with Gasteiger partial charge in [-0.15, -0.1) is 0 Å². The summed E-state index contributed by atoms with van der Waals surface area (Å²) in [5.41, 5.74) is 1.74. The number of halogens is 1. The molecule has 0 aromatic heterocycles. The molecule has 0 saturated carbocycles. The molecule has 0 unspecified atom stereocenters. The quantitative estimate of drug-likeness (QED) is 0.850. The first-order valence-corrected chi connectivity index (χ1v) is 7.86. The van der Waals surface area contributed by atoms with Crippen LogP contribution in [0.4, 0.5) is 5.69 Å². The van der Waals surface area contributed by atoms with Crippen molar-refractivity contribution in [2.75, 3.05) is 18.9 Å². The fourth-order valence-electron chi connectivity index (χ4n) is 2.26. The van der Waals surface area contributed by atoms with Gasteiger partial charge in [0.1, 0.15) is 5.75 Å². The van der Waals surface area contributed by atoms with Crippen LogP contribution in [0.1, 0.15) is 12.5 Å². The van der Waals surface area contributed by atoms with E-state index in [4.69, 9.17) is 11.6 Å². The molecule has 0 radical (unpaired) electrons. The summed E-state index contributed by atoms with van der Waals surface area (Å²) in [7, 11) is 1.91. The maximum Gasteiger partial charge on any atom is 0.238 e. The van der Waals surface area contributed by atoms with Gasteiger partial charge in [0.25, 0.3) is 0 Å². The third-order valence-corrected chi connectivity index (χ3v) is 4.09. The van der Waals surface area contributed by atoms with Gasteiger partial charge in [-0.05, 0) is 50.2 Å². The molecule has 0 spiro atoms. The van der Waals surface area contributed by atoms with Crippen LogP contribution in [0.3, 0.4) is 0 Å². The van der Waals surface area contributed by atoms with Crippen molar-refractivity contribution >= 4 is 23.2 Å². The molecule has 0 aliphatic rings. The number of benzene rings is 2. The highest BCUT2D eigenvalue weighted by molar-refractivity contribution is 6.33. The van der Waals surface area contributed by atoms with E-state index in [2.05, 4.69) is 12.2 Å². The second kappa shape index (κ2) is 7.99. The van der Waals surface area contributed by atoms with Crippen molar-refractivity contribution in [3.05, 3.63) is 59.1 Å². The molecule has 2 rings (SSSR count). The second-order valence-electron chi connectivity index (χ2n) is 5.66. The Labute approximate surface area is 141 Å². The van der Waals surface area contributed by atoms with Crippen LogP contribution in [0.25, 0.3) is 0 Å². The predicted molar refractivity (Wildman–Crippen MR) is 94.0 cm³/mol. The minimum atomic E-state index is -0.0989. The molecule has 1 atom stereocenters. The van der Waals surface area contributed by atoms with E-state index in [0.29, 0.717) is 10.7 Å². The molecule has 122 valence electrons. The Hall–Kier alpha value is -2.04. The molecule has 0 fully saturated rings. The highest BCUT2D eigenvalue weighted by Crippen LogP contribution is 2.20. The lowest BCUT2D eigenvalue weighted by Gasteiger charge is -2.24. The largest absolute Gasteiger partial charge is 0.508 e. The van der Waals surface area contributed by atoms with Crippen LogP contribution in [0.2, 0.25) is 5.02 Å². The number of aromatic hydroxyl groups is 1. The number of carbonyl (C=O) groups is 1. The molecule has 23 heavy (non-hydrogen) atoms. The number of carbonyl (C=O) groups excluding carboxylic acids is 1. The molecule has 2 aromatic rings. The molecule has 0 saturated heterocycles. The Kier molecular flexibility index (Phi) is 6.02. The Morgan fingerprint density at radius 2 is 1.87 bits per heavy atom. The van der Waals surface area contributed by atoms with Gasteiger partial charge in [-0.2, -0.15) is 0 Å². The van der Waals surface area contributed by atoms with E-state index in [1.54, 1.807) is 24.3 Å². The van der Waals surface area contributed by atoms with E-state index in [0.717, 1.165) is 12.0 Å². The summed E-state index contributed by atoms with van der Waals surface area (Å²) >= 11 is 6.04. The van der Waals surface area contributed by atoms with Crippen LogP contribution in [0.5, 0.6) is 5.75 Å². The number of anilines is 1. The van der Waals surface area contributed by atoms with Crippen molar-refractivity contribution in [2.24, 2.45) is 0 Å². The number of likely N-dealkylation sites (N-methyl/N-ethyl adjacent to an activating group) is 1. The van der Waals surface area contributed by atoms with Gasteiger partial charge in [-0.25, -0.2) is 0 Å². The van der Waals surface area contributed by atoms with Crippen LogP contribution in [-0.4, -0.2) is 35.5 Å². The van der Waals surface area contributed by atoms with Crippen LogP contribution in [-0.2, 0) is 11.2 Å². The molecule has 4 nitrogen and oxygen atoms in total. The van der Waals surface area contributed by atoms with E-state index < -0.39 is 0 Å². The lowest BCUT2D eigenvalue weighted by molar-refractivity contribution is -0.117. The predicted octanol–water partition coefficient (Wildman–Crippen LogP) is 3.55. The standard InChI is InChI=1S/C18H21ClN2O2/c1-13(11-14-7-9-15(22)10-8-14)21(2)12-18(23)20-17-6-4-3-5-16(17)19/h3-10,13,22H,11-12H2,1-2H3,(H,20,23)/t13-/m1/s1. The van der Waals surface area contributed by atoms with Gasteiger partial charge < -0.3 is 10.4 Å². The number of rotatable bonds is 6. The summed E-state index contributed by atoms with van der Waals surface area (Å²) in [4.78, 5) is 14.1. The fourth-order valence-corrected chi connectivity index (χ4v) is 2.45. The lowest BCUT2D eigenvalue weighted by Crippen LogP contribution is -2.37. The maximum absolute atomic E-state index is 12.1. The van der Waals surface area contributed by atoms with E-state index in [-0.39, 0.29) is 24.2 Å². The lowest BCUT2D eigenvalue weighted by atomic mass is 10.1. The Morgan fingerprint density at radius 3 is 2.52 bits per heavy atom. The summed E-state index contributed by atoms with van der Waals surface area (Å²) in [5.74, 6) is 0.159. The molecule has 0 aliphatic heterocycles. The van der Waals surface area contributed by atoms with Crippen molar-refractivity contribution in [3.8, 4) is 5.75 Å². The summed E-state index contributed by atoms with van der Waals surface area (Å²) in [6.45, 7) is 2.35. The van der Waals surface area contributed by atoms with Gasteiger partial charge in [0.05, 0.1) is 17.3 Å². The molecular formula is C18H21ClN2O2. The van der Waals surface area contributed by atoms with Crippen molar-refractivity contribution in [3.63, 3.8) is 0 Å². The molecule has 2 aromatic carbocycles. The van der Waals surface area contributed by atoms with E-state index in [1.165, 1.54) is 0 Å². The smallest absolute Gasteiger partial charge is 0.238 e. The first kappa shape index (κ1) is 17.3. The topological polar surface area (TPSA) is 52.6 Å². The number of nitrogens with one attached hydrogen (secondary N) is 1. The SMILES string of the molecule is C[C@H](Cc1ccc(O)cc1)N(C)CC(=O)Nc1ccccc1Cl. The van der Waals surface area contributed by atoms with Crippen LogP contribution in [0, 0.1) is 0 Å². The first-order valence-electron chi connectivity index (χ1n) is 7.48. The Morgan fingerprint density at radius 1 is 1.22 bits per heavy atom. The summed E-state index contributed by atoms with van der Waals surface area (Å²) in [6.07, 6.45) is 0.802. The number of phenolic OH excluding ortho intramolecular Hbond substituents is 1. The number of hydrogen-bond donors (Lipinski definition) is 2. The first-order chi connectivity index (χ1) is 11.0. The number of amides is 1. The van der Waals surface area contributed by atoms with Gasteiger partial charge in [-0.1, -0.05) is 35.9 Å². The third-order valence-electron chi connectivity index (χ3n) is 3.76. The molecule has 1 amide bonds. The molecule has 0 aliphatic carbocycles. The van der Waals surface area contributed by atoms with Gasteiger partial charge in [0.2, 0.25) is 5.91 Å². The maximum atomic E-state index is 12.1. The normalized spacial score (nSPS) is 12.2. The summed E-state index contributed by atoms with van der Waals surface area (Å²) in [6, 6.07) is 14.5. The fraction of sp³-hybridized carbons (Fsp3) is 0.278. The average molecular weight is 333 g/mol. The van der Waals surface area contributed by atoms with Gasteiger partial charge >= 0.3 is 0 Å². The van der Waals surface area contributed by atoms with Gasteiger partial charge in [0, 0.05) is 6.04 Å². The monoisotopic (exact) mass is 332 g/mol. The Balaban J connectivity index is 1.87. The minimum Gasteiger partial charge on any atom is -0.508 e.